The summed E-state index contributed by atoms with van der Waals surface area (Å²) in [7, 11) is 0.417. The van der Waals surface area contributed by atoms with E-state index in [1.54, 1.807) is 31.5 Å². The highest BCUT2D eigenvalue weighted by molar-refractivity contribution is 7.70. The van der Waals surface area contributed by atoms with Crippen LogP contribution in [0.1, 0.15) is 10.4 Å². The molecule has 0 radical (unpaired) electrons. The molecule has 0 heterocycles. The number of hydrogen-bond acceptors (Lipinski definition) is 4. The van der Waals surface area contributed by atoms with Gasteiger partial charge in [-0.15, -0.1) is 0 Å². The lowest BCUT2D eigenvalue weighted by molar-refractivity contribution is 0.0597. The van der Waals surface area contributed by atoms with Crippen LogP contribution in [0.2, 0.25) is 0 Å². The molecule has 4 nitrogen and oxygen atoms in total. The molecule has 0 fully saturated rings. The van der Waals surface area contributed by atoms with Gasteiger partial charge in [0, 0.05) is 5.30 Å². The van der Waals surface area contributed by atoms with Gasteiger partial charge in [0.25, 0.3) is 0 Å². The topological polar surface area (TPSA) is 52.6 Å². The molecule has 0 bridgehead atoms. The Labute approximate surface area is 94.9 Å². The highest BCUT2D eigenvalue weighted by Gasteiger charge is 2.17. The van der Waals surface area contributed by atoms with Gasteiger partial charge in [0.05, 0.1) is 14.2 Å². The average Bonchev–Trinajstić information content (AvgIpc) is 2.26. The quantitative estimate of drug-likeness (QED) is 0.598. The fraction of sp³-hybridized carbons (Fsp3) is 0.364. The lowest BCUT2D eigenvalue weighted by Gasteiger charge is -2.11. The minimum Gasteiger partial charge on any atom is -0.496 e. The van der Waals surface area contributed by atoms with Gasteiger partial charge in [-0.3, -0.25) is 0 Å². The first-order valence-electron chi connectivity index (χ1n) is 4.72. The molecule has 5 heteroatoms. The first kappa shape index (κ1) is 12.8. The Hall–Kier alpha value is -1.28. The summed E-state index contributed by atoms with van der Waals surface area (Å²) >= 11 is 0. The van der Waals surface area contributed by atoms with Crippen LogP contribution >= 0.6 is 7.14 Å². The van der Waals surface area contributed by atoms with Crippen LogP contribution < -0.4 is 10.0 Å². The fourth-order valence-corrected chi connectivity index (χ4v) is 2.16. The van der Waals surface area contributed by atoms with Gasteiger partial charge in [0.2, 0.25) is 0 Å². The van der Waals surface area contributed by atoms with Crippen molar-refractivity contribution in [2.45, 2.75) is 0 Å². The van der Waals surface area contributed by atoms with E-state index in [9.17, 15) is 9.36 Å². The van der Waals surface area contributed by atoms with Crippen molar-refractivity contribution in [2.24, 2.45) is 0 Å². The third kappa shape index (κ3) is 2.64. The van der Waals surface area contributed by atoms with Crippen LogP contribution in [0, 0.1) is 0 Å². The van der Waals surface area contributed by atoms with Gasteiger partial charge >= 0.3 is 5.97 Å². The van der Waals surface area contributed by atoms with Crippen molar-refractivity contribution in [3.8, 4) is 5.75 Å². The number of ether oxygens (including phenoxy) is 2. The molecule has 0 aliphatic rings. The molecule has 0 amide bonds. The van der Waals surface area contributed by atoms with E-state index in [-0.39, 0.29) is 0 Å². The van der Waals surface area contributed by atoms with Crippen LogP contribution in [-0.2, 0) is 9.30 Å². The summed E-state index contributed by atoms with van der Waals surface area (Å²) in [5.74, 6) is -0.0845. The lowest BCUT2D eigenvalue weighted by atomic mass is 10.2. The molecule has 0 aliphatic heterocycles. The summed E-state index contributed by atoms with van der Waals surface area (Å²) in [6.45, 7) is 3.33. The minimum atomic E-state index is -2.35. The Morgan fingerprint density at radius 2 is 1.88 bits per heavy atom. The van der Waals surface area contributed by atoms with Crippen LogP contribution in [-0.4, -0.2) is 33.5 Å². The Bertz CT molecular complexity index is 447. The second-order valence-electron chi connectivity index (χ2n) is 3.73. The first-order chi connectivity index (χ1) is 7.40. The van der Waals surface area contributed by atoms with Crippen molar-refractivity contribution >= 4 is 18.4 Å². The van der Waals surface area contributed by atoms with Crippen molar-refractivity contribution < 1.29 is 18.8 Å². The highest BCUT2D eigenvalue weighted by Crippen LogP contribution is 2.36. The van der Waals surface area contributed by atoms with Crippen LogP contribution in [0.5, 0.6) is 5.75 Å². The third-order valence-electron chi connectivity index (χ3n) is 2.21. The van der Waals surface area contributed by atoms with Crippen molar-refractivity contribution in [1.82, 2.24) is 0 Å². The normalized spacial score (nSPS) is 11.0. The largest absolute Gasteiger partial charge is 0.496 e. The van der Waals surface area contributed by atoms with E-state index in [4.69, 9.17) is 4.74 Å². The van der Waals surface area contributed by atoms with E-state index in [0.29, 0.717) is 16.6 Å². The summed E-state index contributed by atoms with van der Waals surface area (Å²) in [5, 5.41) is 0.678. The van der Waals surface area contributed by atoms with Crippen LogP contribution in [0.4, 0.5) is 0 Å². The summed E-state index contributed by atoms with van der Waals surface area (Å²) in [6, 6.07) is 4.85. The lowest BCUT2D eigenvalue weighted by Crippen LogP contribution is -2.09. The number of benzene rings is 1. The van der Waals surface area contributed by atoms with Gasteiger partial charge in [0.15, 0.2) is 0 Å². The smallest absolute Gasteiger partial charge is 0.341 e. The van der Waals surface area contributed by atoms with Gasteiger partial charge in [-0.25, -0.2) is 4.79 Å². The van der Waals surface area contributed by atoms with Gasteiger partial charge in [-0.2, -0.15) is 0 Å². The van der Waals surface area contributed by atoms with Gasteiger partial charge in [-0.05, 0) is 25.5 Å². The van der Waals surface area contributed by atoms with Crippen LogP contribution in [0.25, 0.3) is 0 Å². The molecule has 0 saturated carbocycles. The predicted octanol–water partition coefficient (Wildman–Crippen LogP) is 1.73. The van der Waals surface area contributed by atoms with Crippen LogP contribution in [0.15, 0.2) is 18.2 Å². The fourth-order valence-electron chi connectivity index (χ4n) is 1.29. The molecule has 1 aromatic rings. The second-order valence-corrected chi connectivity index (χ2v) is 6.95. The molecule has 0 N–H and O–H groups in total. The van der Waals surface area contributed by atoms with E-state index in [2.05, 4.69) is 4.74 Å². The molecule has 0 saturated heterocycles. The van der Waals surface area contributed by atoms with Crippen molar-refractivity contribution in [3.63, 3.8) is 0 Å². The van der Waals surface area contributed by atoms with Crippen molar-refractivity contribution in [1.29, 1.82) is 0 Å². The number of carbonyl (C=O) groups is 1. The number of hydrogen-bond donors (Lipinski definition) is 0. The molecule has 88 valence electrons. The molecule has 0 aliphatic carbocycles. The van der Waals surface area contributed by atoms with Crippen molar-refractivity contribution in [2.75, 3.05) is 27.5 Å². The summed E-state index contributed by atoms with van der Waals surface area (Å²) < 4.78 is 21.6. The van der Waals surface area contributed by atoms with E-state index >= 15 is 0 Å². The van der Waals surface area contributed by atoms with Crippen LogP contribution in [0.3, 0.4) is 0 Å². The molecule has 0 aromatic heterocycles. The molecular weight excluding hydrogens is 227 g/mol. The van der Waals surface area contributed by atoms with E-state index in [0.717, 1.165) is 0 Å². The summed E-state index contributed by atoms with van der Waals surface area (Å²) in [5.41, 5.74) is 0.335. The zero-order valence-corrected chi connectivity index (χ0v) is 10.7. The van der Waals surface area contributed by atoms with Crippen molar-refractivity contribution in [3.05, 3.63) is 23.8 Å². The Morgan fingerprint density at radius 1 is 1.25 bits per heavy atom. The monoisotopic (exact) mass is 242 g/mol. The second kappa shape index (κ2) is 4.71. The standard InChI is InChI=1S/C11H15O4P/c1-14-10-7-8(16(3,4)13)5-6-9(10)11(12)15-2/h5-7H,1-4H3. The Balaban J connectivity index is 3.28. The number of esters is 1. The number of rotatable bonds is 3. The van der Waals surface area contributed by atoms with Gasteiger partial charge in [0.1, 0.15) is 18.5 Å². The molecule has 0 unspecified atom stereocenters. The highest BCUT2D eigenvalue weighted by atomic mass is 31.2. The maximum atomic E-state index is 11.9. The van der Waals surface area contributed by atoms with E-state index < -0.39 is 13.1 Å². The summed E-state index contributed by atoms with van der Waals surface area (Å²) in [6.07, 6.45) is 0. The summed E-state index contributed by atoms with van der Waals surface area (Å²) in [4.78, 5) is 11.4. The SMILES string of the molecule is COC(=O)c1ccc(P(C)(C)=O)cc1OC. The van der Waals surface area contributed by atoms with E-state index in [1.165, 1.54) is 14.2 Å². The van der Waals surface area contributed by atoms with Gasteiger partial charge in [-0.1, -0.05) is 6.07 Å². The zero-order valence-electron chi connectivity index (χ0n) is 9.81. The maximum absolute atomic E-state index is 11.9. The molecular formula is C11H15O4P. The molecule has 16 heavy (non-hydrogen) atoms. The zero-order chi connectivity index (χ0) is 12.3. The van der Waals surface area contributed by atoms with Gasteiger partial charge < -0.3 is 14.0 Å². The predicted molar refractivity (Wildman–Crippen MR) is 63.4 cm³/mol. The Kier molecular flexibility index (Phi) is 3.76. The third-order valence-corrected chi connectivity index (χ3v) is 3.73. The molecule has 0 atom stereocenters. The number of carbonyl (C=O) groups excluding carboxylic acids is 1. The minimum absolute atomic E-state index is 0.335. The average molecular weight is 242 g/mol. The maximum Gasteiger partial charge on any atom is 0.341 e. The van der Waals surface area contributed by atoms with E-state index in [1.807, 2.05) is 0 Å². The number of methoxy groups -OCH3 is 2. The molecule has 0 spiro atoms. The molecule has 1 aromatic carbocycles. The molecule has 1 rings (SSSR count). The first-order valence-corrected chi connectivity index (χ1v) is 7.32. The Morgan fingerprint density at radius 3 is 2.31 bits per heavy atom.